The number of aromatic amines is 1. The number of piperidine rings is 1. The van der Waals surface area contributed by atoms with E-state index >= 15 is 0 Å². The van der Waals surface area contributed by atoms with Gasteiger partial charge in [0.1, 0.15) is 0 Å². The van der Waals surface area contributed by atoms with E-state index in [1.165, 1.54) is 6.42 Å². The van der Waals surface area contributed by atoms with Crippen LogP contribution in [0, 0.1) is 0 Å². The van der Waals surface area contributed by atoms with Gasteiger partial charge in [0.25, 0.3) is 0 Å². The highest BCUT2D eigenvalue weighted by molar-refractivity contribution is 5.33. The van der Waals surface area contributed by atoms with Gasteiger partial charge < -0.3 is 10.6 Å². The van der Waals surface area contributed by atoms with Crippen molar-refractivity contribution in [3.05, 3.63) is 10.5 Å². The van der Waals surface area contributed by atoms with E-state index in [1.807, 2.05) is 4.90 Å². The maximum atomic E-state index is 11.0. The van der Waals surface area contributed by atoms with Gasteiger partial charge in [-0.1, -0.05) is 0 Å². The number of nitrogens with zero attached hydrogens (tertiary/aromatic N) is 3. The summed E-state index contributed by atoms with van der Waals surface area (Å²) in [6, 6.07) is 0. The normalized spacial score (nSPS) is 17.0. The molecule has 76 valence electrons. The molecule has 2 rings (SSSR count). The van der Waals surface area contributed by atoms with Gasteiger partial charge in [0.15, 0.2) is 0 Å². The molecule has 1 aromatic heterocycles. The standard InChI is InChI=1S/C8H13N5O/c9-6-10-7(12-8(14)11-6)13-4-2-1-3-5-13/h1-5H2,(H3,9,10,11,12,14). The van der Waals surface area contributed by atoms with Crippen molar-refractivity contribution >= 4 is 11.9 Å². The third kappa shape index (κ3) is 1.84. The Hall–Kier alpha value is -1.59. The molecule has 2 heterocycles. The van der Waals surface area contributed by atoms with Crippen LogP contribution >= 0.6 is 0 Å². The van der Waals surface area contributed by atoms with Crippen molar-refractivity contribution in [3.63, 3.8) is 0 Å². The first-order chi connectivity index (χ1) is 6.75. The van der Waals surface area contributed by atoms with E-state index < -0.39 is 5.69 Å². The Bertz CT molecular complexity index is 368. The van der Waals surface area contributed by atoms with Gasteiger partial charge >= 0.3 is 5.69 Å². The van der Waals surface area contributed by atoms with Crippen LogP contribution in [0.2, 0.25) is 0 Å². The Morgan fingerprint density at radius 3 is 2.57 bits per heavy atom. The van der Waals surface area contributed by atoms with Gasteiger partial charge in [-0.25, -0.2) is 4.79 Å². The maximum Gasteiger partial charge on any atom is 0.350 e. The van der Waals surface area contributed by atoms with Gasteiger partial charge in [0.2, 0.25) is 11.9 Å². The summed E-state index contributed by atoms with van der Waals surface area (Å²) in [5.41, 5.74) is 5.00. The highest BCUT2D eigenvalue weighted by atomic mass is 16.1. The number of aromatic nitrogens is 3. The number of rotatable bonds is 1. The van der Waals surface area contributed by atoms with Crippen LogP contribution in [0.1, 0.15) is 19.3 Å². The van der Waals surface area contributed by atoms with Crippen LogP contribution < -0.4 is 16.3 Å². The van der Waals surface area contributed by atoms with Gasteiger partial charge in [-0.2, -0.15) is 9.97 Å². The Morgan fingerprint density at radius 1 is 1.21 bits per heavy atom. The summed E-state index contributed by atoms with van der Waals surface area (Å²) in [6.07, 6.45) is 3.47. The molecule has 6 nitrogen and oxygen atoms in total. The zero-order chi connectivity index (χ0) is 9.97. The van der Waals surface area contributed by atoms with Crippen LogP contribution in [0.15, 0.2) is 4.79 Å². The Morgan fingerprint density at radius 2 is 1.93 bits per heavy atom. The summed E-state index contributed by atoms with van der Waals surface area (Å²) in [5, 5.41) is 0. The fourth-order valence-corrected chi connectivity index (χ4v) is 1.62. The SMILES string of the molecule is Nc1nc(N2CCCCC2)nc(=O)[nH]1. The molecule has 1 saturated heterocycles. The highest BCUT2D eigenvalue weighted by Gasteiger charge is 2.14. The van der Waals surface area contributed by atoms with Crippen molar-refractivity contribution in [1.82, 2.24) is 15.0 Å². The number of hydrogen-bond donors (Lipinski definition) is 2. The Balaban J connectivity index is 2.26. The maximum absolute atomic E-state index is 11.0. The van der Waals surface area contributed by atoms with Crippen LogP contribution in [0.5, 0.6) is 0 Å². The second-order valence-electron chi connectivity index (χ2n) is 3.39. The smallest absolute Gasteiger partial charge is 0.350 e. The molecule has 0 amide bonds. The third-order valence-corrected chi connectivity index (χ3v) is 2.30. The summed E-state index contributed by atoms with van der Waals surface area (Å²) in [5.74, 6) is 0.580. The average Bonchev–Trinajstić information content (AvgIpc) is 2.18. The molecule has 0 aliphatic carbocycles. The fourth-order valence-electron chi connectivity index (χ4n) is 1.62. The second-order valence-corrected chi connectivity index (χ2v) is 3.39. The molecule has 0 bridgehead atoms. The van der Waals surface area contributed by atoms with Crippen LogP contribution in [0.4, 0.5) is 11.9 Å². The third-order valence-electron chi connectivity index (χ3n) is 2.30. The van der Waals surface area contributed by atoms with Crippen molar-refractivity contribution in [2.75, 3.05) is 23.7 Å². The van der Waals surface area contributed by atoms with Crippen molar-refractivity contribution in [3.8, 4) is 0 Å². The number of nitrogens with two attached hydrogens (primary N) is 1. The first-order valence-corrected chi connectivity index (χ1v) is 4.74. The number of H-pyrrole nitrogens is 1. The van der Waals surface area contributed by atoms with Gasteiger partial charge in [-0.3, -0.25) is 4.98 Å². The molecule has 14 heavy (non-hydrogen) atoms. The lowest BCUT2D eigenvalue weighted by molar-refractivity contribution is 0.567. The molecular formula is C8H13N5O. The molecule has 0 unspecified atom stereocenters. The van der Waals surface area contributed by atoms with E-state index in [0.717, 1.165) is 25.9 Å². The van der Waals surface area contributed by atoms with E-state index in [9.17, 15) is 4.79 Å². The number of nitrogen functional groups attached to an aromatic ring is 1. The Kier molecular flexibility index (Phi) is 2.34. The summed E-state index contributed by atoms with van der Waals surface area (Å²) in [6.45, 7) is 1.81. The molecular weight excluding hydrogens is 182 g/mol. The molecule has 0 aromatic carbocycles. The quantitative estimate of drug-likeness (QED) is 0.644. The molecule has 0 atom stereocenters. The van der Waals surface area contributed by atoms with E-state index in [-0.39, 0.29) is 5.95 Å². The summed E-state index contributed by atoms with van der Waals surface area (Å²) in [7, 11) is 0. The lowest BCUT2D eigenvalue weighted by Gasteiger charge is -2.26. The van der Waals surface area contributed by atoms with Crippen molar-refractivity contribution in [1.29, 1.82) is 0 Å². The highest BCUT2D eigenvalue weighted by Crippen LogP contribution is 2.13. The molecule has 0 radical (unpaired) electrons. The summed E-state index contributed by atoms with van der Waals surface area (Å²) >= 11 is 0. The lowest BCUT2D eigenvalue weighted by Crippen LogP contribution is -2.33. The first-order valence-electron chi connectivity index (χ1n) is 4.74. The van der Waals surface area contributed by atoms with E-state index in [0.29, 0.717) is 5.95 Å². The number of hydrogen-bond acceptors (Lipinski definition) is 5. The molecule has 0 spiro atoms. The largest absolute Gasteiger partial charge is 0.369 e. The van der Waals surface area contributed by atoms with Gasteiger partial charge in [0, 0.05) is 13.1 Å². The van der Waals surface area contributed by atoms with Crippen LogP contribution in [-0.2, 0) is 0 Å². The van der Waals surface area contributed by atoms with E-state index in [2.05, 4.69) is 15.0 Å². The predicted molar refractivity (Wildman–Crippen MR) is 53.1 cm³/mol. The van der Waals surface area contributed by atoms with E-state index in [4.69, 9.17) is 5.73 Å². The topological polar surface area (TPSA) is 87.9 Å². The van der Waals surface area contributed by atoms with Crippen LogP contribution in [0.25, 0.3) is 0 Å². The second kappa shape index (κ2) is 3.65. The number of anilines is 2. The average molecular weight is 195 g/mol. The minimum absolute atomic E-state index is 0.130. The monoisotopic (exact) mass is 195 g/mol. The lowest BCUT2D eigenvalue weighted by atomic mass is 10.1. The van der Waals surface area contributed by atoms with Crippen LogP contribution in [-0.4, -0.2) is 28.0 Å². The molecule has 1 aromatic rings. The van der Waals surface area contributed by atoms with Crippen LogP contribution in [0.3, 0.4) is 0 Å². The predicted octanol–water partition coefficient (Wildman–Crippen LogP) is -0.263. The van der Waals surface area contributed by atoms with Gasteiger partial charge in [-0.05, 0) is 19.3 Å². The molecule has 1 fully saturated rings. The van der Waals surface area contributed by atoms with Gasteiger partial charge in [-0.15, -0.1) is 0 Å². The van der Waals surface area contributed by atoms with E-state index in [1.54, 1.807) is 0 Å². The summed E-state index contributed by atoms with van der Waals surface area (Å²) in [4.78, 5) is 23.1. The molecule has 0 saturated carbocycles. The van der Waals surface area contributed by atoms with Crippen molar-refractivity contribution in [2.24, 2.45) is 0 Å². The minimum Gasteiger partial charge on any atom is -0.369 e. The number of nitrogens with one attached hydrogen (secondary N) is 1. The summed E-state index contributed by atoms with van der Waals surface area (Å²) < 4.78 is 0. The molecule has 1 aliphatic rings. The Labute approximate surface area is 81.2 Å². The molecule has 6 heteroatoms. The molecule has 1 aliphatic heterocycles. The zero-order valence-electron chi connectivity index (χ0n) is 7.86. The molecule has 3 N–H and O–H groups in total. The first kappa shape index (κ1) is 8.98. The van der Waals surface area contributed by atoms with Crippen molar-refractivity contribution < 1.29 is 0 Å². The fraction of sp³-hybridized carbons (Fsp3) is 0.625. The zero-order valence-corrected chi connectivity index (χ0v) is 7.86. The van der Waals surface area contributed by atoms with Crippen molar-refractivity contribution in [2.45, 2.75) is 19.3 Å². The van der Waals surface area contributed by atoms with Gasteiger partial charge in [0.05, 0.1) is 0 Å². The minimum atomic E-state index is -0.432.